The van der Waals surface area contributed by atoms with Crippen LogP contribution in [0.15, 0.2) is 49.6 Å². The Morgan fingerprint density at radius 1 is 0.871 bits per heavy atom. The van der Waals surface area contributed by atoms with Gasteiger partial charge in [-0.15, -0.1) is 0 Å². The third-order valence-corrected chi connectivity index (χ3v) is 4.01. The summed E-state index contributed by atoms with van der Waals surface area (Å²) in [6.45, 7) is 8.72. The third kappa shape index (κ3) is 11.9. The Labute approximate surface area is 182 Å². The van der Waals surface area contributed by atoms with E-state index in [9.17, 15) is 14.4 Å². The van der Waals surface area contributed by atoms with Gasteiger partial charge in [0.05, 0.1) is 13.2 Å². The molecule has 1 aromatic rings. The Balaban J connectivity index is 2.57. The van der Waals surface area contributed by atoms with Crippen molar-refractivity contribution in [3.05, 3.63) is 55.1 Å². The van der Waals surface area contributed by atoms with E-state index in [-0.39, 0.29) is 11.8 Å². The highest BCUT2D eigenvalue weighted by Gasteiger charge is 2.07. The number of hydrogen-bond acceptors (Lipinski definition) is 5. The van der Waals surface area contributed by atoms with Crippen LogP contribution in [0.3, 0.4) is 0 Å². The second-order valence-electron chi connectivity index (χ2n) is 6.48. The SMILES string of the molecule is C=CC(=O)NCCCCOc1ccc(C=CC(=O)O)cc1OCCCCNC(=O)C=C. The first-order valence-electron chi connectivity index (χ1n) is 10.1. The molecule has 0 saturated heterocycles. The molecule has 0 radical (unpaired) electrons. The predicted octanol–water partition coefficient (Wildman–Crippen LogP) is 2.71. The number of carboxylic acids is 1. The van der Waals surface area contributed by atoms with Crippen molar-refractivity contribution in [1.29, 1.82) is 0 Å². The van der Waals surface area contributed by atoms with Crippen LogP contribution in [-0.2, 0) is 14.4 Å². The third-order valence-electron chi connectivity index (χ3n) is 4.01. The Morgan fingerprint density at radius 2 is 1.42 bits per heavy atom. The summed E-state index contributed by atoms with van der Waals surface area (Å²) in [6.07, 6.45) is 7.94. The molecule has 0 saturated carbocycles. The standard InChI is InChI=1S/C23H30N2O6/c1-3-21(26)24-13-5-7-15-30-19-11-9-18(10-12-23(28)29)17-20(19)31-16-8-6-14-25-22(27)4-2/h3-4,9-12,17H,1-2,5-8,13-16H2,(H,24,26)(H,25,27)(H,28,29). The van der Waals surface area contributed by atoms with Gasteiger partial charge >= 0.3 is 5.97 Å². The number of amides is 2. The molecule has 0 aliphatic rings. The summed E-state index contributed by atoms with van der Waals surface area (Å²) in [5.74, 6) is -0.373. The fourth-order valence-corrected chi connectivity index (χ4v) is 2.41. The lowest BCUT2D eigenvalue weighted by molar-refractivity contribution is -0.131. The van der Waals surface area contributed by atoms with Crippen molar-refractivity contribution in [3.63, 3.8) is 0 Å². The van der Waals surface area contributed by atoms with Crippen LogP contribution < -0.4 is 20.1 Å². The molecule has 0 spiro atoms. The fraction of sp³-hybridized carbons (Fsp3) is 0.348. The van der Waals surface area contributed by atoms with Crippen molar-refractivity contribution in [2.24, 2.45) is 0 Å². The van der Waals surface area contributed by atoms with Gasteiger partial charge in [0, 0.05) is 19.2 Å². The quantitative estimate of drug-likeness (QED) is 0.274. The number of benzene rings is 1. The van der Waals surface area contributed by atoms with Crippen LogP contribution in [0.25, 0.3) is 6.08 Å². The highest BCUT2D eigenvalue weighted by atomic mass is 16.5. The van der Waals surface area contributed by atoms with Crippen LogP contribution in [0.2, 0.25) is 0 Å². The second-order valence-corrected chi connectivity index (χ2v) is 6.48. The highest BCUT2D eigenvalue weighted by Crippen LogP contribution is 2.29. The lowest BCUT2D eigenvalue weighted by Crippen LogP contribution is -2.22. The summed E-state index contributed by atoms with van der Waals surface area (Å²) in [5, 5.41) is 14.2. The number of aliphatic carboxylic acids is 1. The molecular weight excluding hydrogens is 400 g/mol. The van der Waals surface area contributed by atoms with E-state index in [4.69, 9.17) is 14.6 Å². The summed E-state index contributed by atoms with van der Waals surface area (Å²) in [5.41, 5.74) is 0.676. The first kappa shape index (κ1) is 25.5. The maximum absolute atomic E-state index is 11.1. The largest absolute Gasteiger partial charge is 0.490 e. The van der Waals surface area contributed by atoms with Crippen molar-refractivity contribution in [2.75, 3.05) is 26.3 Å². The maximum Gasteiger partial charge on any atom is 0.328 e. The van der Waals surface area contributed by atoms with Crippen LogP contribution in [0, 0.1) is 0 Å². The van der Waals surface area contributed by atoms with Crippen LogP contribution in [0.5, 0.6) is 11.5 Å². The van der Waals surface area contributed by atoms with Gasteiger partial charge in [0.15, 0.2) is 11.5 Å². The Hall–Kier alpha value is -3.55. The molecule has 0 heterocycles. The number of carbonyl (C=O) groups is 3. The van der Waals surface area contributed by atoms with E-state index >= 15 is 0 Å². The summed E-state index contributed by atoms with van der Waals surface area (Å²) in [4.78, 5) is 33.0. The minimum absolute atomic E-state index is 0.203. The Morgan fingerprint density at radius 3 is 1.94 bits per heavy atom. The first-order valence-corrected chi connectivity index (χ1v) is 10.1. The number of unbranched alkanes of at least 4 members (excludes halogenated alkanes) is 2. The zero-order chi connectivity index (χ0) is 22.9. The van der Waals surface area contributed by atoms with Crippen LogP contribution in [0.1, 0.15) is 31.2 Å². The molecule has 0 unspecified atom stereocenters. The average molecular weight is 431 g/mol. The van der Waals surface area contributed by atoms with Crippen molar-refractivity contribution >= 4 is 23.9 Å². The lowest BCUT2D eigenvalue weighted by Gasteiger charge is -2.14. The van der Waals surface area contributed by atoms with E-state index in [1.54, 1.807) is 18.2 Å². The Bertz CT molecular complexity index is 788. The molecule has 0 fully saturated rings. The van der Waals surface area contributed by atoms with Gasteiger partial charge in [-0.2, -0.15) is 0 Å². The molecule has 0 bridgehead atoms. The molecule has 2 amide bonds. The first-order chi connectivity index (χ1) is 15.0. The van der Waals surface area contributed by atoms with Crippen molar-refractivity contribution in [2.45, 2.75) is 25.7 Å². The number of ether oxygens (including phenoxy) is 2. The number of carbonyl (C=O) groups excluding carboxylic acids is 2. The average Bonchev–Trinajstić information content (AvgIpc) is 2.77. The van der Waals surface area contributed by atoms with Crippen LogP contribution in [0.4, 0.5) is 0 Å². The summed E-state index contributed by atoms with van der Waals surface area (Å²) >= 11 is 0. The molecule has 8 heteroatoms. The lowest BCUT2D eigenvalue weighted by atomic mass is 10.2. The van der Waals surface area contributed by atoms with Gasteiger partial charge in [-0.3, -0.25) is 9.59 Å². The molecule has 168 valence electrons. The number of hydrogen-bond donors (Lipinski definition) is 3. The molecule has 1 aromatic carbocycles. The Kier molecular flexibility index (Phi) is 12.6. The van der Waals surface area contributed by atoms with Gasteiger partial charge in [-0.05, 0) is 61.6 Å². The highest BCUT2D eigenvalue weighted by molar-refractivity contribution is 5.87. The van der Waals surface area contributed by atoms with Crippen molar-refractivity contribution in [1.82, 2.24) is 10.6 Å². The van der Waals surface area contributed by atoms with Gasteiger partial charge in [0.1, 0.15) is 0 Å². The van der Waals surface area contributed by atoms with E-state index in [0.29, 0.717) is 43.4 Å². The summed E-state index contributed by atoms with van der Waals surface area (Å²) in [6, 6.07) is 5.20. The summed E-state index contributed by atoms with van der Waals surface area (Å²) in [7, 11) is 0. The predicted molar refractivity (Wildman–Crippen MR) is 119 cm³/mol. The van der Waals surface area contributed by atoms with Gasteiger partial charge in [-0.1, -0.05) is 19.2 Å². The van der Waals surface area contributed by atoms with Gasteiger partial charge < -0.3 is 25.2 Å². The minimum atomic E-state index is -1.03. The number of nitrogens with one attached hydrogen (secondary N) is 2. The van der Waals surface area contributed by atoms with E-state index in [1.807, 2.05) is 0 Å². The normalized spacial score (nSPS) is 10.3. The van der Waals surface area contributed by atoms with Gasteiger partial charge in [-0.25, -0.2) is 4.79 Å². The molecular formula is C23H30N2O6. The molecule has 3 N–H and O–H groups in total. The van der Waals surface area contributed by atoms with Gasteiger partial charge in [0.2, 0.25) is 11.8 Å². The number of rotatable bonds is 16. The smallest absolute Gasteiger partial charge is 0.328 e. The fourth-order valence-electron chi connectivity index (χ4n) is 2.41. The topological polar surface area (TPSA) is 114 Å². The second kappa shape index (κ2) is 15.3. The molecule has 8 nitrogen and oxygen atoms in total. The van der Waals surface area contributed by atoms with E-state index < -0.39 is 5.97 Å². The zero-order valence-electron chi connectivity index (χ0n) is 17.6. The molecule has 1 rings (SSSR count). The summed E-state index contributed by atoms with van der Waals surface area (Å²) < 4.78 is 11.6. The van der Waals surface area contributed by atoms with E-state index in [0.717, 1.165) is 31.8 Å². The monoisotopic (exact) mass is 430 g/mol. The molecule has 0 atom stereocenters. The molecule has 31 heavy (non-hydrogen) atoms. The van der Waals surface area contributed by atoms with Gasteiger partial charge in [0.25, 0.3) is 0 Å². The zero-order valence-corrected chi connectivity index (χ0v) is 17.6. The molecule has 0 aromatic heterocycles. The molecule has 0 aliphatic carbocycles. The van der Waals surface area contributed by atoms with Crippen molar-refractivity contribution in [3.8, 4) is 11.5 Å². The van der Waals surface area contributed by atoms with E-state index in [2.05, 4.69) is 23.8 Å². The maximum atomic E-state index is 11.1. The van der Waals surface area contributed by atoms with Crippen LogP contribution in [-0.4, -0.2) is 49.2 Å². The number of carboxylic acid groups (broad SMARTS) is 1. The van der Waals surface area contributed by atoms with Crippen molar-refractivity contribution < 1.29 is 29.0 Å². The van der Waals surface area contributed by atoms with E-state index in [1.165, 1.54) is 18.2 Å². The minimum Gasteiger partial charge on any atom is -0.490 e. The molecule has 0 aliphatic heterocycles. The van der Waals surface area contributed by atoms with Crippen LogP contribution >= 0.6 is 0 Å².